The number of carbonyl (C=O) groups is 1. The highest BCUT2D eigenvalue weighted by Gasteiger charge is 2.21. The monoisotopic (exact) mass is 250 g/mol. The van der Waals surface area contributed by atoms with Crippen molar-refractivity contribution in [2.75, 3.05) is 31.1 Å². The molecule has 1 fully saturated rings. The molecule has 0 bridgehead atoms. The molecule has 1 aromatic carbocycles. The van der Waals surface area contributed by atoms with E-state index in [4.69, 9.17) is 10.2 Å². The van der Waals surface area contributed by atoms with Crippen LogP contribution in [0, 0.1) is 6.92 Å². The topological polar surface area (TPSA) is 64.0 Å². The van der Waals surface area contributed by atoms with E-state index in [-0.39, 0.29) is 6.61 Å². The number of aliphatic hydroxyl groups excluding tert-OH is 1. The van der Waals surface area contributed by atoms with E-state index in [9.17, 15) is 4.79 Å². The second-order valence-electron chi connectivity index (χ2n) is 4.54. The molecule has 1 amide bonds. The predicted molar refractivity (Wildman–Crippen MR) is 68.9 cm³/mol. The summed E-state index contributed by atoms with van der Waals surface area (Å²) in [6.07, 6.45) is -0.845. The van der Waals surface area contributed by atoms with E-state index in [1.165, 1.54) is 4.90 Å². The first-order valence-electron chi connectivity index (χ1n) is 6.05. The highest BCUT2D eigenvalue weighted by Crippen LogP contribution is 2.22. The zero-order valence-electron chi connectivity index (χ0n) is 10.5. The lowest BCUT2D eigenvalue weighted by molar-refractivity contribution is 0.142. The maximum atomic E-state index is 10.8. The van der Waals surface area contributed by atoms with E-state index in [1.807, 2.05) is 25.1 Å². The third-order valence-corrected chi connectivity index (χ3v) is 3.33. The van der Waals surface area contributed by atoms with Gasteiger partial charge in [-0.15, -0.1) is 0 Å². The molecule has 0 unspecified atom stereocenters. The number of hydrogen-bond acceptors (Lipinski definition) is 3. The minimum atomic E-state index is -0.845. The van der Waals surface area contributed by atoms with Gasteiger partial charge in [-0.3, -0.25) is 0 Å². The minimum absolute atomic E-state index is 0.0495. The van der Waals surface area contributed by atoms with Crippen LogP contribution in [0.5, 0.6) is 0 Å². The highest BCUT2D eigenvalue weighted by molar-refractivity contribution is 5.65. The number of nitrogens with zero attached hydrogens (tertiary/aromatic N) is 2. The van der Waals surface area contributed by atoms with Gasteiger partial charge in [-0.25, -0.2) is 4.79 Å². The summed E-state index contributed by atoms with van der Waals surface area (Å²) in [7, 11) is 0. The average Bonchev–Trinajstić information content (AvgIpc) is 2.38. The third-order valence-electron chi connectivity index (χ3n) is 3.33. The fourth-order valence-corrected chi connectivity index (χ4v) is 2.31. The van der Waals surface area contributed by atoms with Crippen molar-refractivity contribution in [1.82, 2.24) is 4.90 Å². The van der Waals surface area contributed by atoms with E-state index in [0.29, 0.717) is 26.2 Å². The number of benzene rings is 1. The Labute approximate surface area is 106 Å². The number of piperazine rings is 1. The summed E-state index contributed by atoms with van der Waals surface area (Å²) < 4.78 is 0. The Hall–Kier alpha value is -1.75. The van der Waals surface area contributed by atoms with Crippen LogP contribution in [-0.4, -0.2) is 47.4 Å². The molecule has 0 aliphatic carbocycles. The van der Waals surface area contributed by atoms with Gasteiger partial charge >= 0.3 is 6.09 Å². The van der Waals surface area contributed by atoms with Gasteiger partial charge in [0.2, 0.25) is 0 Å². The van der Waals surface area contributed by atoms with Crippen LogP contribution in [0.4, 0.5) is 10.5 Å². The molecule has 5 nitrogen and oxygen atoms in total. The molecule has 5 heteroatoms. The maximum absolute atomic E-state index is 10.8. The van der Waals surface area contributed by atoms with Gasteiger partial charge < -0.3 is 20.0 Å². The molecule has 18 heavy (non-hydrogen) atoms. The second kappa shape index (κ2) is 5.27. The molecule has 1 saturated heterocycles. The van der Waals surface area contributed by atoms with Gasteiger partial charge in [0.05, 0.1) is 6.61 Å². The van der Waals surface area contributed by atoms with Gasteiger partial charge in [0, 0.05) is 31.9 Å². The molecule has 0 spiro atoms. The van der Waals surface area contributed by atoms with Crippen LogP contribution in [-0.2, 0) is 6.61 Å². The lowest BCUT2D eigenvalue weighted by atomic mass is 10.1. The Morgan fingerprint density at radius 2 is 1.94 bits per heavy atom. The molecule has 1 aromatic rings. The van der Waals surface area contributed by atoms with E-state index in [1.54, 1.807) is 0 Å². The standard InChI is InChI=1S/C13H18N2O3/c1-10-8-11(9-16)2-3-12(10)14-4-6-15(7-5-14)13(17)18/h2-3,8,16H,4-7,9H2,1H3,(H,17,18). The van der Waals surface area contributed by atoms with Crippen molar-refractivity contribution in [3.63, 3.8) is 0 Å². The number of amides is 1. The molecule has 1 aliphatic rings. The Kier molecular flexibility index (Phi) is 3.72. The third kappa shape index (κ3) is 2.56. The predicted octanol–water partition coefficient (Wildman–Crippen LogP) is 1.29. The number of hydrogen-bond donors (Lipinski definition) is 2. The fourth-order valence-electron chi connectivity index (χ4n) is 2.31. The summed E-state index contributed by atoms with van der Waals surface area (Å²) in [5.41, 5.74) is 3.14. The normalized spacial score (nSPS) is 15.9. The van der Waals surface area contributed by atoms with E-state index >= 15 is 0 Å². The first kappa shape index (κ1) is 12.7. The van der Waals surface area contributed by atoms with E-state index < -0.39 is 6.09 Å². The molecule has 98 valence electrons. The average molecular weight is 250 g/mol. The Morgan fingerprint density at radius 1 is 1.28 bits per heavy atom. The van der Waals surface area contributed by atoms with Crippen molar-refractivity contribution in [2.24, 2.45) is 0 Å². The van der Waals surface area contributed by atoms with Crippen molar-refractivity contribution in [1.29, 1.82) is 0 Å². The van der Waals surface area contributed by atoms with Gasteiger partial charge in [-0.1, -0.05) is 12.1 Å². The molecule has 1 aliphatic heterocycles. The van der Waals surface area contributed by atoms with Gasteiger partial charge in [-0.2, -0.15) is 0 Å². The first-order chi connectivity index (χ1) is 8.61. The Bertz CT molecular complexity index is 440. The number of carboxylic acid groups (broad SMARTS) is 1. The van der Waals surface area contributed by atoms with Gasteiger partial charge in [0.25, 0.3) is 0 Å². The summed E-state index contributed by atoms with van der Waals surface area (Å²) in [5.74, 6) is 0. The molecule has 0 aromatic heterocycles. The van der Waals surface area contributed by atoms with Crippen molar-refractivity contribution in [3.05, 3.63) is 29.3 Å². The van der Waals surface area contributed by atoms with Crippen LogP contribution in [0.3, 0.4) is 0 Å². The van der Waals surface area contributed by atoms with Gasteiger partial charge in [-0.05, 0) is 24.1 Å². The van der Waals surface area contributed by atoms with E-state index in [2.05, 4.69) is 4.90 Å². The largest absolute Gasteiger partial charge is 0.465 e. The number of aryl methyl sites for hydroxylation is 1. The number of aliphatic hydroxyl groups is 1. The lowest BCUT2D eigenvalue weighted by Gasteiger charge is -2.35. The van der Waals surface area contributed by atoms with Gasteiger partial charge in [0.1, 0.15) is 0 Å². The lowest BCUT2D eigenvalue weighted by Crippen LogP contribution is -2.48. The maximum Gasteiger partial charge on any atom is 0.407 e. The minimum Gasteiger partial charge on any atom is -0.465 e. The van der Waals surface area contributed by atoms with Crippen molar-refractivity contribution in [2.45, 2.75) is 13.5 Å². The molecule has 0 saturated carbocycles. The first-order valence-corrected chi connectivity index (χ1v) is 6.05. The summed E-state index contributed by atoms with van der Waals surface area (Å²) in [6.45, 7) is 4.57. The summed E-state index contributed by atoms with van der Waals surface area (Å²) in [5, 5.41) is 18.0. The summed E-state index contributed by atoms with van der Waals surface area (Å²) in [4.78, 5) is 14.5. The molecular formula is C13H18N2O3. The smallest absolute Gasteiger partial charge is 0.407 e. The van der Waals surface area contributed by atoms with E-state index in [0.717, 1.165) is 16.8 Å². The molecular weight excluding hydrogens is 232 g/mol. The van der Waals surface area contributed by atoms with Crippen LogP contribution in [0.15, 0.2) is 18.2 Å². The quantitative estimate of drug-likeness (QED) is 0.830. The number of rotatable bonds is 2. The second-order valence-corrected chi connectivity index (χ2v) is 4.54. The molecule has 2 rings (SSSR count). The molecule has 1 heterocycles. The zero-order valence-corrected chi connectivity index (χ0v) is 10.5. The number of anilines is 1. The molecule has 0 atom stereocenters. The SMILES string of the molecule is Cc1cc(CO)ccc1N1CCN(C(=O)O)CC1. The summed E-state index contributed by atoms with van der Waals surface area (Å²) >= 11 is 0. The van der Waals surface area contributed by atoms with Crippen molar-refractivity contribution >= 4 is 11.8 Å². The Balaban J connectivity index is 2.07. The molecule has 0 radical (unpaired) electrons. The van der Waals surface area contributed by atoms with Crippen LogP contribution in [0.2, 0.25) is 0 Å². The Morgan fingerprint density at radius 3 is 2.44 bits per heavy atom. The van der Waals surface area contributed by atoms with Crippen LogP contribution in [0.25, 0.3) is 0 Å². The van der Waals surface area contributed by atoms with Crippen LogP contribution < -0.4 is 4.90 Å². The fraction of sp³-hybridized carbons (Fsp3) is 0.462. The van der Waals surface area contributed by atoms with Crippen molar-refractivity contribution < 1.29 is 15.0 Å². The summed E-state index contributed by atoms with van der Waals surface area (Å²) in [6, 6.07) is 5.88. The van der Waals surface area contributed by atoms with Crippen LogP contribution >= 0.6 is 0 Å². The van der Waals surface area contributed by atoms with Crippen molar-refractivity contribution in [3.8, 4) is 0 Å². The molecule has 2 N–H and O–H groups in total. The highest BCUT2D eigenvalue weighted by atomic mass is 16.4. The zero-order chi connectivity index (χ0) is 13.1. The van der Waals surface area contributed by atoms with Gasteiger partial charge in [0.15, 0.2) is 0 Å². The van der Waals surface area contributed by atoms with Crippen LogP contribution in [0.1, 0.15) is 11.1 Å².